The lowest BCUT2D eigenvalue weighted by Gasteiger charge is -2.41. The van der Waals surface area contributed by atoms with Crippen molar-refractivity contribution >= 4 is 27.7 Å². The highest BCUT2D eigenvalue weighted by Gasteiger charge is 2.37. The first-order valence-corrected chi connectivity index (χ1v) is 6.90. The van der Waals surface area contributed by atoms with Gasteiger partial charge >= 0.3 is 0 Å². The Bertz CT molecular complexity index is 394. The van der Waals surface area contributed by atoms with Gasteiger partial charge in [0.15, 0.2) is 0 Å². The van der Waals surface area contributed by atoms with E-state index in [9.17, 15) is 0 Å². The van der Waals surface area contributed by atoms with Crippen molar-refractivity contribution in [2.45, 2.75) is 49.2 Å². The zero-order valence-corrected chi connectivity index (χ0v) is 12.1. The topological polar surface area (TPSA) is 0 Å². The molecule has 1 heterocycles. The molecule has 0 fully saturated rings. The predicted octanol–water partition coefficient (Wildman–Crippen LogP) is 5.00. The third kappa shape index (κ3) is 2.26. The minimum atomic E-state index is 0.296. The zero-order valence-electron chi connectivity index (χ0n) is 9.73. The van der Waals surface area contributed by atoms with Crippen LogP contribution in [-0.4, -0.2) is 4.75 Å². The van der Waals surface area contributed by atoms with Crippen LogP contribution in [0.4, 0.5) is 0 Å². The monoisotopic (exact) mass is 284 g/mol. The van der Waals surface area contributed by atoms with Crippen LogP contribution in [-0.2, 0) is 5.41 Å². The fourth-order valence-electron chi connectivity index (χ4n) is 2.63. The minimum absolute atomic E-state index is 0.296. The minimum Gasteiger partial charge on any atom is -0.120 e. The number of hydrogen-bond donors (Lipinski definition) is 0. The van der Waals surface area contributed by atoms with Gasteiger partial charge < -0.3 is 0 Å². The molecule has 1 aromatic carbocycles. The van der Waals surface area contributed by atoms with Gasteiger partial charge in [-0.15, -0.1) is 11.8 Å². The van der Waals surface area contributed by atoms with Gasteiger partial charge in [0.1, 0.15) is 0 Å². The van der Waals surface area contributed by atoms with Crippen LogP contribution in [0.2, 0.25) is 0 Å². The maximum absolute atomic E-state index is 3.55. The SMILES string of the molecule is CC1(C)CC(C)(C)c2ccc(Br)cc2S1. The third-order valence-corrected chi connectivity index (χ3v) is 4.67. The molecule has 0 spiro atoms. The van der Waals surface area contributed by atoms with E-state index in [-0.39, 0.29) is 0 Å². The van der Waals surface area contributed by atoms with Gasteiger partial charge in [0.25, 0.3) is 0 Å². The van der Waals surface area contributed by atoms with Crippen molar-refractivity contribution in [2.75, 3.05) is 0 Å². The maximum Gasteiger partial charge on any atom is 0.0186 e. The Labute approximate surface area is 105 Å². The Kier molecular flexibility index (Phi) is 2.71. The van der Waals surface area contributed by atoms with Crippen LogP contribution >= 0.6 is 27.7 Å². The van der Waals surface area contributed by atoms with Crippen molar-refractivity contribution in [3.05, 3.63) is 28.2 Å². The van der Waals surface area contributed by atoms with Crippen molar-refractivity contribution in [3.8, 4) is 0 Å². The van der Waals surface area contributed by atoms with E-state index < -0.39 is 0 Å². The number of halogens is 1. The van der Waals surface area contributed by atoms with E-state index in [1.807, 2.05) is 11.8 Å². The van der Waals surface area contributed by atoms with Crippen molar-refractivity contribution in [1.29, 1.82) is 0 Å². The summed E-state index contributed by atoms with van der Waals surface area (Å²) in [5.74, 6) is 0. The summed E-state index contributed by atoms with van der Waals surface area (Å²) in [6, 6.07) is 6.67. The van der Waals surface area contributed by atoms with Crippen LogP contribution in [0.25, 0.3) is 0 Å². The van der Waals surface area contributed by atoms with E-state index in [0.717, 1.165) is 0 Å². The van der Waals surface area contributed by atoms with Crippen LogP contribution in [0.15, 0.2) is 27.6 Å². The smallest absolute Gasteiger partial charge is 0.0186 e. The van der Waals surface area contributed by atoms with E-state index in [0.29, 0.717) is 10.2 Å². The summed E-state index contributed by atoms with van der Waals surface area (Å²) in [7, 11) is 0. The summed E-state index contributed by atoms with van der Waals surface area (Å²) in [6.45, 7) is 9.37. The van der Waals surface area contributed by atoms with Gasteiger partial charge in [0.2, 0.25) is 0 Å². The Morgan fingerprint density at radius 2 is 1.87 bits per heavy atom. The number of benzene rings is 1. The lowest BCUT2D eigenvalue weighted by Crippen LogP contribution is -2.33. The normalized spacial score (nSPS) is 22.2. The lowest BCUT2D eigenvalue weighted by molar-refractivity contribution is 0.408. The Morgan fingerprint density at radius 1 is 1.20 bits per heavy atom. The molecule has 1 aliphatic heterocycles. The molecule has 0 aromatic heterocycles. The Hall–Kier alpha value is 0.0500. The molecule has 2 rings (SSSR count). The molecule has 0 aliphatic carbocycles. The molecule has 0 nitrogen and oxygen atoms in total. The molecule has 1 aliphatic rings. The van der Waals surface area contributed by atoms with Crippen molar-refractivity contribution < 1.29 is 0 Å². The van der Waals surface area contributed by atoms with E-state index in [2.05, 4.69) is 61.8 Å². The van der Waals surface area contributed by atoms with Crippen molar-refractivity contribution in [2.24, 2.45) is 0 Å². The largest absolute Gasteiger partial charge is 0.120 e. The van der Waals surface area contributed by atoms with Crippen molar-refractivity contribution in [3.63, 3.8) is 0 Å². The van der Waals surface area contributed by atoms with E-state index >= 15 is 0 Å². The summed E-state index contributed by atoms with van der Waals surface area (Å²) >= 11 is 5.55. The van der Waals surface area contributed by atoms with Gasteiger partial charge in [0.05, 0.1) is 0 Å². The summed E-state index contributed by atoms with van der Waals surface area (Å²) in [5, 5.41) is 0. The maximum atomic E-state index is 3.55. The van der Waals surface area contributed by atoms with Gasteiger partial charge in [-0.3, -0.25) is 0 Å². The number of rotatable bonds is 0. The molecule has 0 N–H and O–H groups in total. The highest BCUT2D eigenvalue weighted by Crippen LogP contribution is 2.51. The first kappa shape index (κ1) is 11.5. The van der Waals surface area contributed by atoms with Crippen LogP contribution in [0.1, 0.15) is 39.7 Å². The second-order valence-electron chi connectivity index (χ2n) is 5.56. The fraction of sp³-hybridized carbons (Fsp3) is 0.538. The lowest BCUT2D eigenvalue weighted by atomic mass is 9.77. The second kappa shape index (κ2) is 3.53. The van der Waals surface area contributed by atoms with Gasteiger partial charge in [0, 0.05) is 14.1 Å². The molecule has 82 valence electrons. The first-order valence-electron chi connectivity index (χ1n) is 5.29. The molecule has 0 unspecified atom stereocenters. The highest BCUT2D eigenvalue weighted by atomic mass is 79.9. The molecular weight excluding hydrogens is 268 g/mol. The Morgan fingerprint density at radius 3 is 2.53 bits per heavy atom. The van der Waals surface area contributed by atoms with Gasteiger partial charge in [-0.1, -0.05) is 49.7 Å². The number of fused-ring (bicyclic) bond motifs is 1. The third-order valence-electron chi connectivity index (χ3n) is 2.93. The van der Waals surface area contributed by atoms with E-state index in [4.69, 9.17) is 0 Å². The standard InChI is InChI=1S/C13H17BrS/c1-12(2)8-13(3,4)15-11-7-9(14)5-6-10(11)12/h5-7H,8H2,1-4H3. The molecular formula is C13H17BrS. The number of hydrogen-bond acceptors (Lipinski definition) is 1. The van der Waals surface area contributed by atoms with Gasteiger partial charge in [-0.25, -0.2) is 0 Å². The quantitative estimate of drug-likeness (QED) is 0.646. The summed E-state index contributed by atoms with van der Waals surface area (Å²) in [4.78, 5) is 1.44. The average Bonchev–Trinajstić information content (AvgIpc) is 1.97. The van der Waals surface area contributed by atoms with E-state index in [1.54, 1.807) is 0 Å². The van der Waals surface area contributed by atoms with Gasteiger partial charge in [-0.05, 0) is 29.5 Å². The molecule has 0 saturated carbocycles. The molecule has 1 aromatic rings. The molecule has 0 amide bonds. The van der Waals surface area contributed by atoms with Crippen LogP contribution in [0.5, 0.6) is 0 Å². The molecule has 0 bridgehead atoms. The zero-order chi connectivity index (χ0) is 11.3. The van der Waals surface area contributed by atoms with Crippen LogP contribution in [0.3, 0.4) is 0 Å². The molecule has 0 saturated heterocycles. The molecule has 0 radical (unpaired) electrons. The van der Waals surface area contributed by atoms with E-state index in [1.165, 1.54) is 21.4 Å². The number of thioether (sulfide) groups is 1. The van der Waals surface area contributed by atoms with Gasteiger partial charge in [-0.2, -0.15) is 0 Å². The average molecular weight is 285 g/mol. The molecule has 0 atom stereocenters. The second-order valence-corrected chi connectivity index (χ2v) is 8.23. The fourth-order valence-corrected chi connectivity index (χ4v) is 4.81. The van der Waals surface area contributed by atoms with Crippen LogP contribution in [0, 0.1) is 0 Å². The summed E-state index contributed by atoms with van der Waals surface area (Å²) in [6.07, 6.45) is 1.24. The van der Waals surface area contributed by atoms with Crippen LogP contribution < -0.4 is 0 Å². The molecule has 2 heteroatoms. The van der Waals surface area contributed by atoms with Crippen molar-refractivity contribution in [1.82, 2.24) is 0 Å². The first-order chi connectivity index (χ1) is 6.80. The summed E-state index contributed by atoms with van der Waals surface area (Å²) < 4.78 is 1.53. The predicted molar refractivity (Wildman–Crippen MR) is 71.7 cm³/mol. The molecule has 15 heavy (non-hydrogen) atoms. The summed E-state index contributed by atoms with van der Waals surface area (Å²) in [5.41, 5.74) is 1.79. The Balaban J connectivity index is 2.55. The highest BCUT2D eigenvalue weighted by molar-refractivity contribution is 9.10.